The van der Waals surface area contributed by atoms with Gasteiger partial charge in [0, 0.05) is 32.9 Å². The van der Waals surface area contributed by atoms with Crippen molar-refractivity contribution < 1.29 is 19.8 Å². The van der Waals surface area contributed by atoms with Gasteiger partial charge in [0.15, 0.2) is 0 Å². The molecule has 0 aliphatic rings. The molecule has 0 aliphatic heterocycles. The number of carboxylic acids is 1. The van der Waals surface area contributed by atoms with Gasteiger partial charge in [-0.2, -0.15) is 0 Å². The topological polar surface area (TPSA) is 86.6 Å². The number of aliphatic carboxylic acids is 1. The Balaban J connectivity index is 0.00000196. The number of carbonyl (C=O) groups is 2. The van der Waals surface area contributed by atoms with E-state index in [2.05, 4.69) is 5.32 Å². The van der Waals surface area contributed by atoms with E-state index in [1.807, 2.05) is 0 Å². The van der Waals surface area contributed by atoms with Crippen molar-refractivity contribution in [3.63, 3.8) is 0 Å². The molecule has 1 rings (SSSR count). The van der Waals surface area contributed by atoms with Gasteiger partial charge in [-0.25, -0.2) is 0 Å². The first-order valence-electron chi connectivity index (χ1n) is 3.88. The van der Waals surface area contributed by atoms with Gasteiger partial charge in [-0.3, -0.25) is 9.59 Å². The van der Waals surface area contributed by atoms with Crippen LogP contribution in [0.2, 0.25) is 0 Å². The van der Waals surface area contributed by atoms with Gasteiger partial charge in [0.1, 0.15) is 12.3 Å². The van der Waals surface area contributed by atoms with Crippen molar-refractivity contribution in [1.29, 1.82) is 0 Å². The normalized spacial score (nSPS) is 8.80. The standard InChI is InChI=1S/C9H9NO4.Pb/c11-7-3-1-2-6(4-7)9(14)10-5-8(12)13;/h1-4,11H,5H2,(H,10,14)(H,12,13);. The summed E-state index contributed by atoms with van der Waals surface area (Å²) in [6, 6.07) is 5.67. The molecule has 1 amide bonds. The van der Waals surface area contributed by atoms with Crippen LogP contribution in [0.25, 0.3) is 0 Å². The fourth-order valence-electron chi connectivity index (χ4n) is 0.905. The van der Waals surface area contributed by atoms with Crippen molar-refractivity contribution in [1.82, 2.24) is 5.32 Å². The molecule has 0 saturated carbocycles. The number of hydrogen-bond donors (Lipinski definition) is 3. The van der Waals surface area contributed by atoms with Gasteiger partial charge >= 0.3 is 5.97 Å². The zero-order chi connectivity index (χ0) is 10.6. The number of carboxylic acid groups (broad SMARTS) is 1. The third-order valence-corrected chi connectivity index (χ3v) is 1.51. The molecule has 0 bridgehead atoms. The number of nitrogens with one attached hydrogen (secondary N) is 1. The van der Waals surface area contributed by atoms with Crippen molar-refractivity contribution in [3.8, 4) is 5.75 Å². The smallest absolute Gasteiger partial charge is 0.322 e. The van der Waals surface area contributed by atoms with Crippen LogP contribution < -0.4 is 5.32 Å². The Kier molecular flexibility index (Phi) is 5.91. The van der Waals surface area contributed by atoms with E-state index in [9.17, 15) is 9.59 Å². The van der Waals surface area contributed by atoms with E-state index in [0.29, 0.717) is 0 Å². The van der Waals surface area contributed by atoms with Gasteiger partial charge in [0.05, 0.1) is 0 Å². The van der Waals surface area contributed by atoms with Gasteiger partial charge < -0.3 is 15.5 Å². The first kappa shape index (κ1) is 13.9. The van der Waals surface area contributed by atoms with Crippen LogP contribution in [0.3, 0.4) is 0 Å². The van der Waals surface area contributed by atoms with Gasteiger partial charge in [-0.15, -0.1) is 0 Å². The average molecular weight is 402 g/mol. The van der Waals surface area contributed by atoms with E-state index in [-0.39, 0.29) is 38.6 Å². The fraction of sp³-hybridized carbons (Fsp3) is 0.111. The Hall–Kier alpha value is -1.12. The second kappa shape index (κ2) is 6.38. The minimum atomic E-state index is -1.11. The molecule has 0 saturated heterocycles. The number of phenols is 1. The molecule has 1 aromatic carbocycles. The zero-order valence-corrected chi connectivity index (χ0v) is 11.6. The van der Waals surface area contributed by atoms with Gasteiger partial charge in [-0.05, 0) is 18.2 Å². The molecule has 15 heavy (non-hydrogen) atoms. The van der Waals surface area contributed by atoms with Crippen LogP contribution in [0.5, 0.6) is 5.75 Å². The molecule has 6 heteroatoms. The minimum absolute atomic E-state index is 0. The van der Waals surface area contributed by atoms with Crippen LogP contribution in [-0.4, -0.2) is 55.9 Å². The third-order valence-electron chi connectivity index (χ3n) is 1.51. The predicted molar refractivity (Wildman–Crippen MR) is 53.8 cm³/mol. The molecule has 0 spiro atoms. The molecule has 3 N–H and O–H groups in total. The molecule has 0 unspecified atom stereocenters. The van der Waals surface area contributed by atoms with E-state index in [4.69, 9.17) is 10.2 Å². The van der Waals surface area contributed by atoms with E-state index >= 15 is 0 Å². The summed E-state index contributed by atoms with van der Waals surface area (Å²) in [6.45, 7) is -0.436. The second-order valence-electron chi connectivity index (χ2n) is 2.63. The molecule has 5 nitrogen and oxygen atoms in total. The Morgan fingerprint density at radius 3 is 2.53 bits per heavy atom. The van der Waals surface area contributed by atoms with E-state index in [1.54, 1.807) is 0 Å². The Morgan fingerprint density at radius 2 is 2.00 bits per heavy atom. The Morgan fingerprint density at radius 1 is 1.33 bits per heavy atom. The zero-order valence-electron chi connectivity index (χ0n) is 7.73. The van der Waals surface area contributed by atoms with E-state index in [1.165, 1.54) is 24.3 Å². The van der Waals surface area contributed by atoms with Crippen LogP contribution in [0, 0.1) is 0 Å². The molecule has 0 aliphatic carbocycles. The quantitative estimate of drug-likeness (QED) is 0.613. The minimum Gasteiger partial charge on any atom is -0.508 e. The summed E-state index contributed by atoms with van der Waals surface area (Å²) in [7, 11) is 0. The summed E-state index contributed by atoms with van der Waals surface area (Å²) in [5.41, 5.74) is 0.228. The van der Waals surface area contributed by atoms with Gasteiger partial charge in [0.25, 0.3) is 5.91 Å². The van der Waals surface area contributed by atoms with Crippen molar-refractivity contribution in [2.75, 3.05) is 6.54 Å². The molecule has 0 aromatic heterocycles. The monoisotopic (exact) mass is 403 g/mol. The van der Waals surface area contributed by atoms with Crippen molar-refractivity contribution in [2.24, 2.45) is 0 Å². The maximum Gasteiger partial charge on any atom is 0.322 e. The first-order valence-corrected chi connectivity index (χ1v) is 3.88. The number of amides is 1. The van der Waals surface area contributed by atoms with E-state index < -0.39 is 18.4 Å². The number of rotatable bonds is 3. The maximum absolute atomic E-state index is 11.2. The van der Waals surface area contributed by atoms with E-state index in [0.717, 1.165) is 0 Å². The summed E-state index contributed by atoms with van der Waals surface area (Å²) in [4.78, 5) is 21.4. The van der Waals surface area contributed by atoms with Crippen LogP contribution >= 0.6 is 0 Å². The second-order valence-corrected chi connectivity index (χ2v) is 2.63. The number of carbonyl (C=O) groups excluding carboxylic acids is 1. The largest absolute Gasteiger partial charge is 0.508 e. The number of phenolic OH excluding ortho intramolecular Hbond substituents is 1. The summed E-state index contributed by atoms with van der Waals surface area (Å²) < 4.78 is 0. The predicted octanol–water partition coefficient (Wildman–Crippen LogP) is -0.174. The number of benzene rings is 1. The average Bonchev–Trinajstić information content (AvgIpc) is 2.14. The molecule has 78 valence electrons. The summed E-state index contributed by atoms with van der Waals surface area (Å²) >= 11 is 0. The maximum atomic E-state index is 11.2. The van der Waals surface area contributed by atoms with Crippen LogP contribution in [-0.2, 0) is 4.79 Å². The van der Waals surface area contributed by atoms with Crippen molar-refractivity contribution in [2.45, 2.75) is 0 Å². The number of aromatic hydroxyl groups is 1. The first-order chi connectivity index (χ1) is 6.59. The molecule has 1 aromatic rings. The summed E-state index contributed by atoms with van der Waals surface area (Å²) in [6.07, 6.45) is 0. The molecule has 0 fully saturated rings. The summed E-state index contributed by atoms with van der Waals surface area (Å²) in [5, 5.41) is 19.5. The van der Waals surface area contributed by atoms with Crippen LogP contribution in [0.15, 0.2) is 24.3 Å². The van der Waals surface area contributed by atoms with Crippen molar-refractivity contribution >= 4 is 39.2 Å². The fourth-order valence-corrected chi connectivity index (χ4v) is 0.905. The van der Waals surface area contributed by atoms with Crippen LogP contribution in [0.1, 0.15) is 10.4 Å². The molecular weight excluding hydrogens is 393 g/mol. The Labute approximate surface area is 106 Å². The SMILES string of the molecule is O=C(O)CNC(=O)c1cccc(O)c1.[Pb]. The van der Waals surface area contributed by atoms with Crippen LogP contribution in [0.4, 0.5) is 0 Å². The third kappa shape index (κ3) is 4.77. The molecular formula is C9H9NO4Pb. The number of hydrogen-bond acceptors (Lipinski definition) is 3. The Bertz CT molecular complexity index is 367. The van der Waals surface area contributed by atoms with Gasteiger partial charge in [0.2, 0.25) is 0 Å². The molecule has 0 heterocycles. The molecule has 4 radical (unpaired) electrons. The van der Waals surface area contributed by atoms with Gasteiger partial charge in [-0.1, -0.05) is 6.07 Å². The van der Waals surface area contributed by atoms with Crippen molar-refractivity contribution in [3.05, 3.63) is 29.8 Å². The summed E-state index contributed by atoms with van der Waals surface area (Å²) in [5.74, 6) is -1.67. The molecule has 0 atom stereocenters.